The SMILES string of the molecule is O=c1nc(SCc2ccc(Cl)cc2)nc(SCc2c(F)cccc2F)[nH]1. The molecule has 0 unspecified atom stereocenters. The summed E-state index contributed by atoms with van der Waals surface area (Å²) in [4.78, 5) is 22.2. The Balaban J connectivity index is 1.69. The van der Waals surface area contributed by atoms with Crippen LogP contribution in [0.1, 0.15) is 11.1 Å². The fraction of sp³-hybridized carbons (Fsp3) is 0.118. The molecule has 0 fully saturated rings. The second-order valence-electron chi connectivity index (χ2n) is 5.15. The van der Waals surface area contributed by atoms with E-state index in [1.165, 1.54) is 30.0 Å². The van der Waals surface area contributed by atoms with E-state index in [-0.39, 0.29) is 16.5 Å². The van der Waals surface area contributed by atoms with Crippen molar-refractivity contribution in [3.63, 3.8) is 0 Å². The molecule has 0 radical (unpaired) electrons. The van der Waals surface area contributed by atoms with Gasteiger partial charge in [-0.3, -0.25) is 4.98 Å². The van der Waals surface area contributed by atoms with Crippen LogP contribution in [0.2, 0.25) is 5.02 Å². The number of hydrogen-bond donors (Lipinski definition) is 1. The van der Waals surface area contributed by atoms with Crippen LogP contribution in [-0.2, 0) is 11.5 Å². The lowest BCUT2D eigenvalue weighted by atomic mass is 10.2. The molecule has 9 heteroatoms. The minimum atomic E-state index is -0.633. The summed E-state index contributed by atoms with van der Waals surface area (Å²) in [6, 6.07) is 11.0. The van der Waals surface area contributed by atoms with Gasteiger partial charge in [-0.1, -0.05) is 53.3 Å². The first-order valence-electron chi connectivity index (χ1n) is 7.42. The molecule has 4 nitrogen and oxygen atoms in total. The summed E-state index contributed by atoms with van der Waals surface area (Å²) >= 11 is 8.17. The standard InChI is InChI=1S/C17H12ClF2N3OS2/c18-11-6-4-10(5-7-11)8-25-16-21-15(24)22-17(23-16)26-9-12-13(19)2-1-3-14(12)20/h1-7H,8-9H2,(H,21,22,23,24). The number of halogens is 3. The highest BCUT2D eigenvalue weighted by molar-refractivity contribution is 7.99. The fourth-order valence-electron chi connectivity index (χ4n) is 2.02. The molecule has 0 aliphatic carbocycles. The number of aromatic nitrogens is 3. The summed E-state index contributed by atoms with van der Waals surface area (Å²) in [5, 5.41) is 1.19. The van der Waals surface area contributed by atoms with E-state index in [0.717, 1.165) is 17.3 Å². The van der Waals surface area contributed by atoms with Crippen LogP contribution in [0.3, 0.4) is 0 Å². The molecular weight excluding hydrogens is 400 g/mol. The van der Waals surface area contributed by atoms with Gasteiger partial charge in [-0.15, -0.1) is 0 Å². The summed E-state index contributed by atoms with van der Waals surface area (Å²) in [5.74, 6) is -0.697. The maximum atomic E-state index is 13.7. The number of hydrogen-bond acceptors (Lipinski definition) is 5. The lowest BCUT2D eigenvalue weighted by Crippen LogP contribution is -2.14. The van der Waals surface area contributed by atoms with Crippen molar-refractivity contribution in [2.75, 3.05) is 0 Å². The number of nitrogens with zero attached hydrogens (tertiary/aromatic N) is 2. The number of aromatic amines is 1. The number of H-pyrrole nitrogens is 1. The molecular formula is C17H12ClF2N3OS2. The molecule has 0 saturated carbocycles. The molecule has 26 heavy (non-hydrogen) atoms. The van der Waals surface area contributed by atoms with E-state index in [0.29, 0.717) is 15.9 Å². The molecule has 0 atom stereocenters. The van der Waals surface area contributed by atoms with Crippen molar-refractivity contribution in [1.82, 2.24) is 15.0 Å². The van der Waals surface area contributed by atoms with Gasteiger partial charge in [0, 0.05) is 22.1 Å². The Kier molecular flexibility index (Phi) is 6.29. The van der Waals surface area contributed by atoms with Crippen LogP contribution in [0.4, 0.5) is 8.78 Å². The van der Waals surface area contributed by atoms with E-state index >= 15 is 0 Å². The van der Waals surface area contributed by atoms with Gasteiger partial charge in [-0.05, 0) is 29.8 Å². The predicted molar refractivity (Wildman–Crippen MR) is 99.6 cm³/mol. The second kappa shape index (κ2) is 8.66. The van der Waals surface area contributed by atoms with Crippen LogP contribution < -0.4 is 5.69 Å². The van der Waals surface area contributed by atoms with E-state index in [2.05, 4.69) is 15.0 Å². The predicted octanol–water partition coefficient (Wildman–Crippen LogP) is 4.68. The summed E-state index contributed by atoms with van der Waals surface area (Å²) < 4.78 is 27.4. The molecule has 0 aliphatic rings. The van der Waals surface area contributed by atoms with Crippen molar-refractivity contribution in [2.45, 2.75) is 21.8 Å². The van der Waals surface area contributed by atoms with Gasteiger partial charge in [0.05, 0.1) is 0 Å². The normalized spacial score (nSPS) is 10.9. The van der Waals surface area contributed by atoms with Gasteiger partial charge in [0.1, 0.15) is 11.6 Å². The van der Waals surface area contributed by atoms with Gasteiger partial charge >= 0.3 is 5.69 Å². The second-order valence-corrected chi connectivity index (χ2v) is 7.49. The van der Waals surface area contributed by atoms with E-state index in [9.17, 15) is 13.6 Å². The van der Waals surface area contributed by atoms with Crippen LogP contribution in [0.25, 0.3) is 0 Å². The van der Waals surface area contributed by atoms with Crippen LogP contribution in [0.15, 0.2) is 57.6 Å². The number of rotatable bonds is 6. The fourth-order valence-corrected chi connectivity index (χ4v) is 3.86. The van der Waals surface area contributed by atoms with Crippen molar-refractivity contribution in [1.29, 1.82) is 0 Å². The first-order valence-corrected chi connectivity index (χ1v) is 9.77. The quantitative estimate of drug-likeness (QED) is 0.597. The zero-order valence-corrected chi connectivity index (χ0v) is 15.6. The third-order valence-corrected chi connectivity index (χ3v) is 5.37. The van der Waals surface area contributed by atoms with Crippen molar-refractivity contribution in [2.24, 2.45) is 0 Å². The molecule has 0 aliphatic heterocycles. The topological polar surface area (TPSA) is 58.6 Å². The number of thioether (sulfide) groups is 2. The monoisotopic (exact) mass is 411 g/mol. The van der Waals surface area contributed by atoms with E-state index in [4.69, 9.17) is 11.6 Å². The zero-order chi connectivity index (χ0) is 18.5. The van der Waals surface area contributed by atoms with Crippen molar-refractivity contribution >= 4 is 35.1 Å². The van der Waals surface area contributed by atoms with Crippen LogP contribution in [0.5, 0.6) is 0 Å². The van der Waals surface area contributed by atoms with Gasteiger partial charge < -0.3 is 0 Å². The lowest BCUT2D eigenvalue weighted by Gasteiger charge is -2.05. The Labute approximate surface area is 161 Å². The Morgan fingerprint density at radius 1 is 0.962 bits per heavy atom. The highest BCUT2D eigenvalue weighted by Crippen LogP contribution is 2.25. The highest BCUT2D eigenvalue weighted by Gasteiger charge is 2.11. The van der Waals surface area contributed by atoms with Crippen LogP contribution in [0, 0.1) is 11.6 Å². The third kappa shape index (κ3) is 5.06. The van der Waals surface area contributed by atoms with E-state index in [1.807, 2.05) is 12.1 Å². The molecule has 0 saturated heterocycles. The molecule has 1 aromatic heterocycles. The zero-order valence-electron chi connectivity index (χ0n) is 13.2. The summed E-state index contributed by atoms with van der Waals surface area (Å²) in [5.41, 5.74) is 0.383. The molecule has 0 bridgehead atoms. The molecule has 1 heterocycles. The summed E-state index contributed by atoms with van der Waals surface area (Å²) in [6.07, 6.45) is 0. The maximum absolute atomic E-state index is 13.7. The third-order valence-electron chi connectivity index (χ3n) is 3.30. The van der Waals surface area contributed by atoms with Crippen LogP contribution >= 0.6 is 35.1 Å². The largest absolute Gasteiger partial charge is 0.349 e. The van der Waals surface area contributed by atoms with Gasteiger partial charge in [0.25, 0.3) is 0 Å². The molecule has 3 aromatic rings. The smallest absolute Gasteiger partial charge is 0.285 e. The average molecular weight is 412 g/mol. The molecule has 1 N–H and O–H groups in total. The van der Waals surface area contributed by atoms with Crippen LogP contribution in [-0.4, -0.2) is 15.0 Å². The molecule has 134 valence electrons. The Bertz CT molecular complexity index is 947. The molecule has 0 amide bonds. The molecule has 2 aromatic carbocycles. The minimum absolute atomic E-state index is 0.00670. The van der Waals surface area contributed by atoms with Crippen molar-refractivity contribution in [3.05, 3.63) is 80.7 Å². The number of nitrogens with one attached hydrogen (secondary N) is 1. The Morgan fingerprint density at radius 3 is 2.35 bits per heavy atom. The van der Waals surface area contributed by atoms with E-state index in [1.54, 1.807) is 12.1 Å². The average Bonchev–Trinajstić information content (AvgIpc) is 2.60. The Morgan fingerprint density at radius 2 is 1.65 bits per heavy atom. The summed E-state index contributed by atoms with van der Waals surface area (Å²) in [6.45, 7) is 0. The minimum Gasteiger partial charge on any atom is -0.285 e. The molecule has 3 rings (SSSR count). The highest BCUT2D eigenvalue weighted by atomic mass is 35.5. The molecule has 0 spiro atoms. The first-order chi connectivity index (χ1) is 12.5. The van der Waals surface area contributed by atoms with E-state index < -0.39 is 17.3 Å². The van der Waals surface area contributed by atoms with Gasteiger partial charge in [-0.2, -0.15) is 9.97 Å². The van der Waals surface area contributed by atoms with Gasteiger partial charge in [0.2, 0.25) is 0 Å². The van der Waals surface area contributed by atoms with Crippen molar-refractivity contribution < 1.29 is 8.78 Å². The lowest BCUT2D eigenvalue weighted by molar-refractivity contribution is 0.566. The maximum Gasteiger partial charge on any atom is 0.349 e. The van der Waals surface area contributed by atoms with Gasteiger partial charge in [-0.25, -0.2) is 13.6 Å². The number of benzene rings is 2. The van der Waals surface area contributed by atoms with Gasteiger partial charge in [0.15, 0.2) is 10.3 Å². The first kappa shape index (κ1) is 18.9. The van der Waals surface area contributed by atoms with Crippen molar-refractivity contribution in [3.8, 4) is 0 Å². The summed E-state index contributed by atoms with van der Waals surface area (Å²) in [7, 11) is 0. The Hall–Kier alpha value is -1.90.